The molecule has 0 nitrogen and oxygen atoms in total. The fraction of sp³-hybridized carbons (Fsp3) is 1.00. The molecule has 0 aromatic carbocycles. The molecule has 0 heterocycles. The van der Waals surface area contributed by atoms with Gasteiger partial charge in [0.05, 0.1) is 0 Å². The number of hydrogen-bond donors (Lipinski definition) is 0. The Balaban J connectivity index is 3.73. The molecule has 0 saturated heterocycles. The van der Waals surface area contributed by atoms with E-state index in [2.05, 4.69) is 62.0 Å². The van der Waals surface area contributed by atoms with E-state index in [9.17, 15) is 0 Å². The van der Waals surface area contributed by atoms with Crippen LogP contribution in [0.3, 0.4) is 0 Å². The van der Waals surface area contributed by atoms with E-state index in [4.69, 9.17) is 0 Å². The van der Waals surface area contributed by atoms with Crippen molar-refractivity contribution >= 4 is 63.4 Å². The Morgan fingerprint density at radius 2 is 1.00 bits per heavy atom. The second-order valence-electron chi connectivity index (χ2n) is 1.06. The van der Waals surface area contributed by atoms with E-state index in [-0.39, 0.29) is 0 Å². The predicted molar refractivity (Wildman–Crippen MR) is 48.6 cm³/mol. The summed E-state index contributed by atoms with van der Waals surface area (Å²) in [6.45, 7) is 2.01. The third-order valence-corrected chi connectivity index (χ3v) is 0. The van der Waals surface area contributed by atoms with Crippen LogP contribution in [-0.2, 0) is 0 Å². The molecular formula is CH3Br4P. The molecule has 0 fully saturated rings. The van der Waals surface area contributed by atoms with Crippen LogP contribution in [0.1, 0.15) is 0 Å². The molecule has 6 heavy (non-hydrogen) atoms. The first-order valence-corrected chi connectivity index (χ1v) is 11.9. The molecule has 0 unspecified atom stereocenters. The number of hydrogen-bond acceptors (Lipinski definition) is 0. The summed E-state index contributed by atoms with van der Waals surface area (Å²) in [5.74, 6) is 0. The van der Waals surface area contributed by atoms with Crippen molar-refractivity contribution in [2.45, 2.75) is 0 Å². The van der Waals surface area contributed by atoms with Gasteiger partial charge in [-0.1, -0.05) is 0 Å². The summed E-state index contributed by atoms with van der Waals surface area (Å²) in [5, 5.41) is 0. The summed E-state index contributed by atoms with van der Waals surface area (Å²) >= 11 is 13.4. The summed E-state index contributed by atoms with van der Waals surface area (Å²) in [5.41, 5.74) is 0. The van der Waals surface area contributed by atoms with Crippen LogP contribution in [0.2, 0.25) is 0 Å². The summed E-state index contributed by atoms with van der Waals surface area (Å²) in [6.07, 6.45) is 0. The zero-order valence-electron chi connectivity index (χ0n) is 2.96. The second-order valence-corrected chi connectivity index (χ2v) is 41.6. The van der Waals surface area contributed by atoms with Crippen LogP contribution in [0.15, 0.2) is 0 Å². The molecule has 0 amide bonds. The Morgan fingerprint density at radius 3 is 1.00 bits per heavy atom. The second kappa shape index (κ2) is 1.94. The van der Waals surface area contributed by atoms with Gasteiger partial charge >= 0.3 is 70.0 Å². The standard InChI is InChI=1S/CH3Br4P/c1-6(2,3,4)5/h1H3. The van der Waals surface area contributed by atoms with Crippen molar-refractivity contribution in [2.24, 2.45) is 0 Å². The van der Waals surface area contributed by atoms with Crippen LogP contribution in [-0.4, -0.2) is 6.66 Å². The summed E-state index contributed by atoms with van der Waals surface area (Å²) < 4.78 is -1.80. The molecular weight excluding hydrogens is 363 g/mol. The fourth-order valence-electron chi connectivity index (χ4n) is 0. The average molecular weight is 366 g/mol. The molecule has 0 radical (unpaired) electrons. The van der Waals surface area contributed by atoms with Gasteiger partial charge in [0.15, 0.2) is 0 Å². The van der Waals surface area contributed by atoms with Gasteiger partial charge < -0.3 is 0 Å². The first-order chi connectivity index (χ1) is 2.24. The van der Waals surface area contributed by atoms with Gasteiger partial charge in [-0.2, -0.15) is 0 Å². The summed E-state index contributed by atoms with van der Waals surface area (Å²) in [6, 6.07) is 0. The Bertz CT molecular complexity index is 40.7. The van der Waals surface area contributed by atoms with Crippen molar-refractivity contribution in [1.82, 2.24) is 0 Å². The third kappa shape index (κ3) is 32.9. The Morgan fingerprint density at radius 1 is 1.00 bits per heavy atom. The monoisotopic (exact) mass is 362 g/mol. The van der Waals surface area contributed by atoms with Crippen molar-refractivity contribution in [3.05, 3.63) is 0 Å². The molecule has 0 atom stereocenters. The van der Waals surface area contributed by atoms with Crippen molar-refractivity contribution in [3.8, 4) is 0 Å². The van der Waals surface area contributed by atoms with E-state index in [1.165, 1.54) is 0 Å². The molecule has 0 aliphatic rings. The van der Waals surface area contributed by atoms with Gasteiger partial charge in [-0.15, -0.1) is 0 Å². The number of rotatable bonds is 0. The topological polar surface area (TPSA) is 0 Å². The van der Waals surface area contributed by atoms with Crippen LogP contribution in [0.25, 0.3) is 0 Å². The fourth-order valence-corrected chi connectivity index (χ4v) is 0. The summed E-state index contributed by atoms with van der Waals surface area (Å²) in [4.78, 5) is 0. The predicted octanol–water partition coefficient (Wildman–Crippen LogP) is 4.41. The van der Waals surface area contributed by atoms with Crippen LogP contribution < -0.4 is 0 Å². The zero-order chi connectivity index (χ0) is 5.45. The van der Waals surface area contributed by atoms with Gasteiger partial charge in [-0.3, -0.25) is 0 Å². The van der Waals surface area contributed by atoms with E-state index in [1.54, 1.807) is 0 Å². The third-order valence-electron chi connectivity index (χ3n) is 0. The van der Waals surface area contributed by atoms with E-state index in [0.29, 0.717) is 0 Å². The van der Waals surface area contributed by atoms with Crippen LogP contribution >= 0.6 is 63.4 Å². The molecule has 0 aromatic heterocycles. The van der Waals surface area contributed by atoms with Crippen molar-refractivity contribution in [2.75, 3.05) is 6.66 Å². The molecule has 0 aliphatic carbocycles. The van der Waals surface area contributed by atoms with Gasteiger partial charge in [0.2, 0.25) is 0 Å². The van der Waals surface area contributed by atoms with Gasteiger partial charge in [-0.05, 0) is 0 Å². The van der Waals surface area contributed by atoms with Crippen molar-refractivity contribution < 1.29 is 0 Å². The van der Waals surface area contributed by atoms with E-state index >= 15 is 0 Å². The molecule has 5 heteroatoms. The minimum absolute atomic E-state index is 1.80. The molecule has 0 N–H and O–H groups in total. The Labute approximate surface area is 69.3 Å². The number of halogens is 4. The Kier molecular flexibility index (Phi) is 2.70. The summed E-state index contributed by atoms with van der Waals surface area (Å²) in [7, 11) is 0. The van der Waals surface area contributed by atoms with Gasteiger partial charge in [0.1, 0.15) is 0 Å². The van der Waals surface area contributed by atoms with Gasteiger partial charge in [-0.25, -0.2) is 0 Å². The van der Waals surface area contributed by atoms with Crippen LogP contribution in [0.4, 0.5) is 0 Å². The zero-order valence-corrected chi connectivity index (χ0v) is 10.2. The maximum absolute atomic E-state index is 3.36. The molecule has 40 valence electrons. The normalized spacial score (nSPS) is 19.2. The average Bonchev–Trinajstić information content (AvgIpc) is 0.650. The van der Waals surface area contributed by atoms with E-state index < -0.39 is 1.41 Å². The SMILES string of the molecule is CP(Br)(Br)(Br)Br. The molecule has 0 aromatic rings. The maximum atomic E-state index is 3.36. The van der Waals surface area contributed by atoms with E-state index in [1.807, 2.05) is 6.66 Å². The van der Waals surface area contributed by atoms with Crippen molar-refractivity contribution in [3.63, 3.8) is 0 Å². The molecule has 0 aliphatic heterocycles. The minimum atomic E-state index is -1.80. The first-order valence-electron chi connectivity index (χ1n) is 1.12. The Hall–Kier alpha value is 2.35. The van der Waals surface area contributed by atoms with Crippen LogP contribution in [0, 0.1) is 0 Å². The van der Waals surface area contributed by atoms with Crippen molar-refractivity contribution in [1.29, 1.82) is 0 Å². The van der Waals surface area contributed by atoms with Gasteiger partial charge in [0, 0.05) is 0 Å². The van der Waals surface area contributed by atoms with Gasteiger partial charge in [0.25, 0.3) is 0 Å². The molecule has 0 spiro atoms. The molecule has 0 rings (SSSR count). The van der Waals surface area contributed by atoms with E-state index in [0.717, 1.165) is 0 Å². The first kappa shape index (κ1) is 8.35. The molecule has 0 bridgehead atoms. The quantitative estimate of drug-likeness (QED) is 0.558. The molecule has 0 saturated carbocycles. The van der Waals surface area contributed by atoms with Crippen LogP contribution in [0.5, 0.6) is 0 Å².